The largest absolute Gasteiger partial charge is 0.348 e. The summed E-state index contributed by atoms with van der Waals surface area (Å²) in [6.45, 7) is 4.17. The minimum atomic E-state index is -0.154. The lowest BCUT2D eigenvalue weighted by Gasteiger charge is -2.29. The highest BCUT2D eigenvalue weighted by Crippen LogP contribution is 2.34. The average molecular weight is 430 g/mol. The Morgan fingerprint density at radius 1 is 1.06 bits per heavy atom. The van der Waals surface area contributed by atoms with Crippen molar-refractivity contribution in [2.75, 3.05) is 0 Å². The Hall–Kier alpha value is -3.48. The second-order valence-corrected chi connectivity index (χ2v) is 8.93. The van der Waals surface area contributed by atoms with E-state index in [0.717, 1.165) is 48.1 Å². The molecule has 0 atom stereocenters. The molecule has 1 aliphatic carbocycles. The van der Waals surface area contributed by atoms with Crippen LogP contribution in [0.15, 0.2) is 53.5 Å². The van der Waals surface area contributed by atoms with Gasteiger partial charge in [0.1, 0.15) is 5.82 Å². The Kier molecular flexibility index (Phi) is 5.25. The molecule has 164 valence electrons. The minimum absolute atomic E-state index is 0.107. The number of carbonyl (C=O) groups excluding carboxylic acids is 1. The third kappa shape index (κ3) is 3.57. The Morgan fingerprint density at radius 3 is 2.53 bits per heavy atom. The van der Waals surface area contributed by atoms with E-state index in [1.54, 1.807) is 0 Å². The van der Waals surface area contributed by atoms with Crippen LogP contribution >= 0.6 is 0 Å². The molecule has 0 aliphatic heterocycles. The molecule has 7 heteroatoms. The van der Waals surface area contributed by atoms with Gasteiger partial charge in [-0.05, 0) is 43.9 Å². The third-order valence-corrected chi connectivity index (χ3v) is 6.48. The van der Waals surface area contributed by atoms with Gasteiger partial charge in [-0.2, -0.15) is 5.10 Å². The van der Waals surface area contributed by atoms with Gasteiger partial charge in [-0.3, -0.25) is 9.59 Å². The molecule has 7 nitrogen and oxygen atoms in total. The van der Waals surface area contributed by atoms with Crippen LogP contribution in [0.1, 0.15) is 73.4 Å². The summed E-state index contributed by atoms with van der Waals surface area (Å²) in [6, 6.07) is 13.6. The summed E-state index contributed by atoms with van der Waals surface area (Å²) in [5.41, 5.74) is 2.13. The maximum Gasteiger partial charge on any atom is 0.272 e. The summed E-state index contributed by atoms with van der Waals surface area (Å²) in [5.74, 6) is 1.27. The molecule has 1 aromatic carbocycles. The number of pyridine rings is 1. The normalized spacial score (nSPS) is 19.0. The van der Waals surface area contributed by atoms with Gasteiger partial charge >= 0.3 is 0 Å². The smallest absolute Gasteiger partial charge is 0.272 e. The summed E-state index contributed by atoms with van der Waals surface area (Å²) in [6.07, 6.45) is 5.52. The lowest BCUT2D eigenvalue weighted by molar-refractivity contribution is 0.0922. The Balaban J connectivity index is 1.31. The molecule has 0 unspecified atom stereocenters. The van der Waals surface area contributed by atoms with E-state index in [1.807, 2.05) is 53.1 Å². The highest BCUT2D eigenvalue weighted by molar-refractivity contribution is 5.99. The van der Waals surface area contributed by atoms with Crippen LogP contribution in [0.3, 0.4) is 0 Å². The zero-order chi connectivity index (χ0) is 22.2. The van der Waals surface area contributed by atoms with Gasteiger partial charge in [-0.15, -0.1) is 0 Å². The summed E-state index contributed by atoms with van der Waals surface area (Å²) in [7, 11) is 0. The van der Waals surface area contributed by atoms with Gasteiger partial charge in [0.25, 0.3) is 11.5 Å². The maximum atomic E-state index is 13.1. The second-order valence-electron chi connectivity index (χ2n) is 8.93. The highest BCUT2D eigenvalue weighted by atomic mass is 16.2. The van der Waals surface area contributed by atoms with Gasteiger partial charge in [0.2, 0.25) is 0 Å². The van der Waals surface area contributed by atoms with Gasteiger partial charge < -0.3 is 9.72 Å². The number of rotatable bonds is 4. The number of fused-ring (bicyclic) bond motifs is 2. The third-order valence-electron chi connectivity index (χ3n) is 6.48. The molecule has 1 amide bonds. The van der Waals surface area contributed by atoms with Gasteiger partial charge in [0.05, 0.1) is 16.6 Å². The van der Waals surface area contributed by atoms with Crippen LogP contribution in [0.5, 0.6) is 0 Å². The fourth-order valence-corrected chi connectivity index (χ4v) is 4.85. The molecule has 1 saturated carbocycles. The van der Waals surface area contributed by atoms with Crippen molar-refractivity contribution in [3.63, 3.8) is 0 Å². The van der Waals surface area contributed by atoms with Crippen molar-refractivity contribution >= 4 is 22.2 Å². The molecule has 1 fully saturated rings. The van der Waals surface area contributed by atoms with Crippen LogP contribution in [-0.4, -0.2) is 31.5 Å². The number of aromatic nitrogens is 4. The molecule has 1 aliphatic rings. The monoisotopic (exact) mass is 429 g/mol. The number of nitrogens with zero attached hydrogens (tertiary/aromatic N) is 3. The van der Waals surface area contributed by atoms with Gasteiger partial charge in [-0.25, -0.2) is 10.1 Å². The second kappa shape index (κ2) is 8.22. The number of amides is 1. The van der Waals surface area contributed by atoms with Gasteiger partial charge in [0, 0.05) is 29.5 Å². The number of hydrogen-bond acceptors (Lipinski definition) is 4. The molecule has 0 bridgehead atoms. The molecule has 3 aromatic heterocycles. The zero-order valence-corrected chi connectivity index (χ0v) is 18.3. The van der Waals surface area contributed by atoms with E-state index in [9.17, 15) is 9.59 Å². The first-order valence-corrected chi connectivity index (χ1v) is 11.3. The van der Waals surface area contributed by atoms with Crippen molar-refractivity contribution in [2.45, 2.75) is 57.4 Å². The Bertz CT molecular complexity index is 1350. The number of H-pyrrole nitrogens is 1. The fourth-order valence-electron chi connectivity index (χ4n) is 4.85. The predicted octanol–water partition coefficient (Wildman–Crippen LogP) is 4.15. The standard InChI is InChI=1S/C25H27N5O2/c1-15(2)23-27-22(20-9-5-6-14-30(20)23)25(32)26-17-12-10-16(11-13-17)21-18-7-3-4-8-19(18)24(31)29-28-21/h3-9,14-17H,10-13H2,1-2H3,(H,26,32)(H,29,31)/t16-,17-. The van der Waals surface area contributed by atoms with Gasteiger partial charge in [0.15, 0.2) is 5.69 Å². The van der Waals surface area contributed by atoms with Crippen LogP contribution in [0, 0.1) is 0 Å². The quantitative estimate of drug-likeness (QED) is 0.510. The number of carbonyl (C=O) groups is 1. The predicted molar refractivity (Wildman–Crippen MR) is 124 cm³/mol. The van der Waals surface area contributed by atoms with E-state index >= 15 is 0 Å². The van der Waals surface area contributed by atoms with Crippen molar-refractivity contribution in [1.82, 2.24) is 24.9 Å². The molecule has 0 radical (unpaired) electrons. The maximum absolute atomic E-state index is 13.1. The molecule has 3 heterocycles. The SMILES string of the molecule is CC(C)c1nc(C(=O)N[C@H]2CC[C@H](c3n[nH]c(=O)c4ccccc43)CC2)c2ccccn12. The fraction of sp³-hybridized carbons (Fsp3) is 0.360. The molecule has 2 N–H and O–H groups in total. The van der Waals surface area contributed by atoms with Crippen LogP contribution in [0.2, 0.25) is 0 Å². The molecular formula is C25H27N5O2. The van der Waals surface area contributed by atoms with Crippen LogP contribution < -0.4 is 10.9 Å². The first kappa shape index (κ1) is 20.4. The zero-order valence-electron chi connectivity index (χ0n) is 18.3. The molecule has 0 saturated heterocycles. The molecular weight excluding hydrogens is 402 g/mol. The van der Waals surface area contributed by atoms with Crippen molar-refractivity contribution < 1.29 is 4.79 Å². The van der Waals surface area contributed by atoms with Crippen molar-refractivity contribution in [3.05, 3.63) is 76.2 Å². The van der Waals surface area contributed by atoms with E-state index in [2.05, 4.69) is 34.3 Å². The number of benzene rings is 1. The number of nitrogens with one attached hydrogen (secondary N) is 2. The van der Waals surface area contributed by atoms with Crippen molar-refractivity contribution in [2.24, 2.45) is 0 Å². The summed E-state index contributed by atoms with van der Waals surface area (Å²) in [4.78, 5) is 29.8. The number of aromatic amines is 1. The molecule has 4 aromatic rings. The average Bonchev–Trinajstić information content (AvgIpc) is 3.21. The first-order valence-electron chi connectivity index (χ1n) is 11.3. The molecule has 5 rings (SSSR count). The van der Waals surface area contributed by atoms with Crippen molar-refractivity contribution in [1.29, 1.82) is 0 Å². The van der Waals surface area contributed by atoms with E-state index in [-0.39, 0.29) is 29.3 Å². The first-order chi connectivity index (χ1) is 15.5. The lowest BCUT2D eigenvalue weighted by Crippen LogP contribution is -2.37. The number of hydrogen-bond donors (Lipinski definition) is 2. The van der Waals surface area contributed by atoms with Crippen LogP contribution in [0.25, 0.3) is 16.3 Å². The van der Waals surface area contributed by atoms with Crippen LogP contribution in [0.4, 0.5) is 0 Å². The Morgan fingerprint density at radius 2 is 1.78 bits per heavy atom. The van der Waals surface area contributed by atoms with E-state index in [1.165, 1.54) is 0 Å². The topological polar surface area (TPSA) is 92.2 Å². The minimum Gasteiger partial charge on any atom is -0.348 e. The Labute approximate surface area is 185 Å². The van der Waals surface area contributed by atoms with E-state index in [4.69, 9.17) is 0 Å². The summed E-state index contributed by atoms with van der Waals surface area (Å²) in [5, 5.41) is 11.8. The lowest BCUT2D eigenvalue weighted by atomic mass is 9.82. The van der Waals surface area contributed by atoms with E-state index in [0.29, 0.717) is 11.1 Å². The van der Waals surface area contributed by atoms with E-state index < -0.39 is 0 Å². The summed E-state index contributed by atoms with van der Waals surface area (Å²) >= 11 is 0. The highest BCUT2D eigenvalue weighted by Gasteiger charge is 2.27. The molecule has 32 heavy (non-hydrogen) atoms. The number of imidazole rings is 1. The van der Waals surface area contributed by atoms with Gasteiger partial charge in [-0.1, -0.05) is 38.1 Å². The van der Waals surface area contributed by atoms with Crippen LogP contribution in [-0.2, 0) is 0 Å². The molecule has 0 spiro atoms. The van der Waals surface area contributed by atoms with Crippen molar-refractivity contribution in [3.8, 4) is 0 Å². The summed E-state index contributed by atoms with van der Waals surface area (Å²) < 4.78 is 2.00.